The number of carbonyl (C=O) groups is 2. The largest absolute Gasteiger partial charge is 0.383 e. The van der Waals surface area contributed by atoms with Crippen molar-refractivity contribution < 1.29 is 14.3 Å². The van der Waals surface area contributed by atoms with Crippen LogP contribution in [-0.4, -0.2) is 60.1 Å². The molecule has 0 radical (unpaired) electrons. The summed E-state index contributed by atoms with van der Waals surface area (Å²) in [7, 11) is 1.60. The molecule has 3 rings (SSSR count). The number of likely N-dealkylation sites (tertiary alicyclic amines) is 1. The van der Waals surface area contributed by atoms with Crippen LogP contribution >= 0.6 is 11.3 Å². The molecular formula is C21H28N4O3S. The fourth-order valence-corrected chi connectivity index (χ4v) is 3.98. The first-order valence-electron chi connectivity index (χ1n) is 9.90. The van der Waals surface area contributed by atoms with Gasteiger partial charge >= 0.3 is 6.03 Å². The molecule has 1 aromatic carbocycles. The van der Waals surface area contributed by atoms with Crippen LogP contribution in [-0.2, 0) is 11.3 Å². The first kappa shape index (κ1) is 21.3. The number of carbonyl (C=O) groups excluding carboxylic acids is 2. The van der Waals surface area contributed by atoms with Crippen molar-refractivity contribution in [2.75, 3.05) is 38.7 Å². The summed E-state index contributed by atoms with van der Waals surface area (Å²) >= 11 is 1.41. The number of amides is 3. The normalized spacial score (nSPS) is 14.6. The van der Waals surface area contributed by atoms with Crippen LogP contribution in [0.15, 0.2) is 35.7 Å². The average Bonchev–Trinajstić information content (AvgIpc) is 3.20. The Morgan fingerprint density at radius 3 is 2.69 bits per heavy atom. The fraction of sp³-hybridized carbons (Fsp3) is 0.476. The second kappa shape index (κ2) is 10.4. The van der Waals surface area contributed by atoms with Crippen LogP contribution in [0.25, 0.3) is 0 Å². The number of anilines is 1. The van der Waals surface area contributed by atoms with Crippen molar-refractivity contribution in [2.45, 2.75) is 26.3 Å². The number of para-hydroxylation sites is 1. The molecule has 8 heteroatoms. The number of rotatable bonds is 7. The summed E-state index contributed by atoms with van der Waals surface area (Å²) in [6.45, 7) is 4.97. The zero-order chi connectivity index (χ0) is 20.6. The highest BCUT2D eigenvalue weighted by Gasteiger charge is 2.24. The molecule has 156 valence electrons. The summed E-state index contributed by atoms with van der Waals surface area (Å²) in [5.41, 5.74) is 1.20. The zero-order valence-electron chi connectivity index (χ0n) is 17.0. The minimum atomic E-state index is -0.221. The Morgan fingerprint density at radius 2 is 2.00 bits per heavy atom. The van der Waals surface area contributed by atoms with Crippen molar-refractivity contribution >= 4 is 29.0 Å². The number of piperidine rings is 1. The number of hydrogen-bond acceptors (Lipinski definition) is 5. The van der Waals surface area contributed by atoms with Crippen molar-refractivity contribution in [3.63, 3.8) is 0 Å². The van der Waals surface area contributed by atoms with Crippen molar-refractivity contribution in [1.82, 2.24) is 14.8 Å². The molecule has 0 atom stereocenters. The Morgan fingerprint density at radius 1 is 1.28 bits per heavy atom. The van der Waals surface area contributed by atoms with E-state index in [2.05, 4.69) is 17.2 Å². The highest BCUT2D eigenvalue weighted by Crippen LogP contribution is 2.20. The Hall–Kier alpha value is -2.45. The van der Waals surface area contributed by atoms with E-state index in [4.69, 9.17) is 4.74 Å². The van der Waals surface area contributed by atoms with E-state index in [9.17, 15) is 9.59 Å². The van der Waals surface area contributed by atoms with Gasteiger partial charge in [0, 0.05) is 37.8 Å². The maximum atomic E-state index is 12.7. The molecule has 1 aromatic heterocycles. The Kier molecular flexibility index (Phi) is 7.60. The summed E-state index contributed by atoms with van der Waals surface area (Å²) in [6, 6.07) is 9.10. The number of nitrogens with zero attached hydrogens (tertiary/aromatic N) is 3. The molecule has 7 nitrogen and oxygen atoms in total. The summed E-state index contributed by atoms with van der Waals surface area (Å²) in [5.74, 6) is 0.652. The zero-order valence-corrected chi connectivity index (χ0v) is 17.8. The number of hydrogen-bond donors (Lipinski definition) is 1. The van der Waals surface area contributed by atoms with Gasteiger partial charge in [0.05, 0.1) is 13.2 Å². The molecule has 0 spiro atoms. The van der Waals surface area contributed by atoms with Crippen LogP contribution in [0, 0.1) is 5.92 Å². The number of thiazole rings is 1. The van der Waals surface area contributed by atoms with Gasteiger partial charge in [-0.2, -0.15) is 0 Å². The molecule has 1 aliphatic rings. The van der Waals surface area contributed by atoms with Gasteiger partial charge in [0.2, 0.25) is 0 Å². The van der Waals surface area contributed by atoms with Crippen LogP contribution in [0.4, 0.5) is 10.5 Å². The molecule has 1 N–H and O–H groups in total. The number of urea groups is 1. The number of methoxy groups -OCH3 is 1. The van der Waals surface area contributed by atoms with Crippen LogP contribution in [0.3, 0.4) is 0 Å². The van der Waals surface area contributed by atoms with Crippen LogP contribution in [0.5, 0.6) is 0 Å². The van der Waals surface area contributed by atoms with Crippen molar-refractivity contribution in [3.8, 4) is 0 Å². The van der Waals surface area contributed by atoms with E-state index >= 15 is 0 Å². The van der Waals surface area contributed by atoms with Gasteiger partial charge in [-0.25, -0.2) is 9.78 Å². The van der Waals surface area contributed by atoms with E-state index in [0.717, 1.165) is 36.6 Å². The molecule has 2 heterocycles. The highest BCUT2D eigenvalue weighted by molar-refractivity contribution is 7.09. The van der Waals surface area contributed by atoms with Gasteiger partial charge < -0.3 is 19.9 Å². The number of ether oxygens (including phenoxy) is 1. The molecule has 1 fully saturated rings. The van der Waals surface area contributed by atoms with Crippen LogP contribution < -0.4 is 5.32 Å². The lowest BCUT2D eigenvalue weighted by atomic mass is 9.99. The van der Waals surface area contributed by atoms with Gasteiger partial charge in [-0.05, 0) is 30.9 Å². The smallest absolute Gasteiger partial charge is 0.322 e. The molecule has 2 aromatic rings. The topological polar surface area (TPSA) is 74.8 Å². The monoisotopic (exact) mass is 416 g/mol. The average molecular weight is 417 g/mol. The van der Waals surface area contributed by atoms with Crippen molar-refractivity contribution in [3.05, 3.63) is 46.4 Å². The summed E-state index contributed by atoms with van der Waals surface area (Å²) in [4.78, 5) is 33.4. The van der Waals surface area contributed by atoms with Gasteiger partial charge in [-0.3, -0.25) is 4.79 Å². The standard InChI is InChI=1S/C21H28N4O3S/c1-16-8-10-24(11-9-16)20(26)18-15-29-19(23-18)14-25(12-13-28-2)21(27)22-17-6-4-3-5-7-17/h3-7,15-16H,8-14H2,1-2H3,(H,22,27). The second-order valence-electron chi connectivity index (χ2n) is 7.31. The molecule has 1 aliphatic heterocycles. The van der Waals surface area contributed by atoms with Crippen LogP contribution in [0.2, 0.25) is 0 Å². The SMILES string of the molecule is COCCN(Cc1nc(C(=O)N2CCC(C)CC2)cs1)C(=O)Nc1ccccc1. The molecule has 0 saturated carbocycles. The van der Waals surface area contributed by atoms with Crippen molar-refractivity contribution in [2.24, 2.45) is 5.92 Å². The van der Waals surface area contributed by atoms with E-state index in [1.54, 1.807) is 17.4 Å². The van der Waals surface area contributed by atoms with E-state index in [0.29, 0.717) is 31.3 Å². The number of nitrogens with one attached hydrogen (secondary N) is 1. The lowest BCUT2D eigenvalue weighted by molar-refractivity contribution is 0.0691. The minimum absolute atomic E-state index is 0.0171. The van der Waals surface area contributed by atoms with E-state index in [1.807, 2.05) is 35.2 Å². The first-order valence-corrected chi connectivity index (χ1v) is 10.8. The molecule has 1 saturated heterocycles. The molecule has 0 aliphatic carbocycles. The Labute approximate surface area is 175 Å². The van der Waals surface area contributed by atoms with Gasteiger partial charge in [0.15, 0.2) is 0 Å². The third kappa shape index (κ3) is 6.01. The predicted octanol–water partition coefficient (Wildman–Crippen LogP) is 3.70. The quantitative estimate of drug-likeness (QED) is 0.747. The predicted molar refractivity (Wildman–Crippen MR) is 114 cm³/mol. The maximum Gasteiger partial charge on any atom is 0.322 e. The fourth-order valence-electron chi connectivity index (χ4n) is 3.20. The van der Waals surface area contributed by atoms with Gasteiger partial charge in [-0.1, -0.05) is 25.1 Å². The second-order valence-corrected chi connectivity index (χ2v) is 8.25. The molecule has 0 bridgehead atoms. The molecular weight excluding hydrogens is 388 g/mol. The highest BCUT2D eigenvalue weighted by atomic mass is 32.1. The van der Waals surface area contributed by atoms with E-state index in [-0.39, 0.29) is 11.9 Å². The van der Waals surface area contributed by atoms with Crippen LogP contribution in [0.1, 0.15) is 35.3 Å². The number of benzene rings is 1. The third-order valence-electron chi connectivity index (χ3n) is 5.05. The van der Waals surface area contributed by atoms with Crippen molar-refractivity contribution in [1.29, 1.82) is 0 Å². The molecule has 0 unspecified atom stereocenters. The maximum absolute atomic E-state index is 12.7. The first-order chi connectivity index (χ1) is 14.1. The van der Waals surface area contributed by atoms with Gasteiger partial charge in [0.25, 0.3) is 5.91 Å². The Balaban J connectivity index is 1.63. The van der Waals surface area contributed by atoms with E-state index < -0.39 is 0 Å². The summed E-state index contributed by atoms with van der Waals surface area (Å²) < 4.78 is 5.14. The molecule has 3 amide bonds. The van der Waals surface area contributed by atoms with Gasteiger partial charge in [-0.15, -0.1) is 11.3 Å². The lowest BCUT2D eigenvalue weighted by Crippen LogP contribution is -2.38. The minimum Gasteiger partial charge on any atom is -0.383 e. The Bertz CT molecular complexity index is 803. The summed E-state index contributed by atoms with van der Waals surface area (Å²) in [6.07, 6.45) is 2.07. The van der Waals surface area contributed by atoms with E-state index in [1.165, 1.54) is 11.3 Å². The lowest BCUT2D eigenvalue weighted by Gasteiger charge is -2.29. The summed E-state index contributed by atoms with van der Waals surface area (Å²) in [5, 5.41) is 5.41. The number of aromatic nitrogens is 1. The third-order valence-corrected chi connectivity index (χ3v) is 5.88. The molecule has 29 heavy (non-hydrogen) atoms. The van der Waals surface area contributed by atoms with Gasteiger partial charge in [0.1, 0.15) is 10.7 Å².